The molecule has 2 rings (SSSR count). The average Bonchev–Trinajstić information content (AvgIpc) is 2.85. The van der Waals surface area contributed by atoms with Gasteiger partial charge in [0.2, 0.25) is 5.91 Å². The second-order valence-corrected chi connectivity index (χ2v) is 5.09. The number of nitrogens with zero attached hydrogens (tertiary/aromatic N) is 2. The third-order valence-corrected chi connectivity index (χ3v) is 3.92. The highest BCUT2D eigenvalue weighted by Gasteiger charge is 2.27. The van der Waals surface area contributed by atoms with Crippen LogP contribution in [0.1, 0.15) is 12.8 Å². The Bertz CT molecular complexity index is 372. The van der Waals surface area contributed by atoms with E-state index in [0.29, 0.717) is 5.75 Å². The van der Waals surface area contributed by atoms with Gasteiger partial charge in [0.1, 0.15) is 0 Å². The van der Waals surface area contributed by atoms with E-state index in [9.17, 15) is 4.79 Å². The Labute approximate surface area is 105 Å². The van der Waals surface area contributed by atoms with Gasteiger partial charge in [-0.3, -0.25) is 9.78 Å². The lowest BCUT2D eigenvalue weighted by molar-refractivity contribution is -0.129. The Hall–Kier alpha value is -1.07. The second kappa shape index (κ2) is 6.02. The molecule has 1 aliphatic rings. The number of hydrogen-bond donors (Lipinski definition) is 1. The minimum absolute atomic E-state index is 0.0283. The van der Waals surface area contributed by atoms with Crippen molar-refractivity contribution < 1.29 is 9.90 Å². The Balaban J connectivity index is 1.85. The topological polar surface area (TPSA) is 53.4 Å². The fourth-order valence-corrected chi connectivity index (χ4v) is 2.79. The molecule has 0 aromatic carbocycles. The Morgan fingerprint density at radius 1 is 1.53 bits per heavy atom. The van der Waals surface area contributed by atoms with Crippen LogP contribution in [0.15, 0.2) is 29.4 Å². The molecule has 0 spiro atoms. The van der Waals surface area contributed by atoms with E-state index in [1.807, 2.05) is 12.1 Å². The first-order chi connectivity index (χ1) is 8.31. The third kappa shape index (κ3) is 3.20. The summed E-state index contributed by atoms with van der Waals surface area (Å²) in [5.41, 5.74) is 0. The van der Waals surface area contributed by atoms with Crippen molar-refractivity contribution in [2.24, 2.45) is 0 Å². The molecule has 1 N–H and O–H groups in total. The summed E-state index contributed by atoms with van der Waals surface area (Å²) in [4.78, 5) is 18.7. The second-order valence-electron chi connectivity index (χ2n) is 4.04. The van der Waals surface area contributed by atoms with Crippen molar-refractivity contribution in [2.45, 2.75) is 23.8 Å². The molecule has 0 saturated carbocycles. The van der Waals surface area contributed by atoms with Gasteiger partial charge < -0.3 is 10.0 Å². The maximum absolute atomic E-state index is 12.0. The maximum atomic E-state index is 12.0. The van der Waals surface area contributed by atoms with Gasteiger partial charge in [-0.15, -0.1) is 11.8 Å². The first-order valence-corrected chi connectivity index (χ1v) is 6.73. The number of aromatic nitrogens is 1. The van der Waals surface area contributed by atoms with Crippen molar-refractivity contribution in [1.82, 2.24) is 9.88 Å². The van der Waals surface area contributed by atoms with E-state index < -0.39 is 0 Å². The van der Waals surface area contributed by atoms with E-state index in [0.717, 1.165) is 24.3 Å². The number of aliphatic hydroxyl groups excluding tert-OH is 1. The number of thioether (sulfide) groups is 1. The Kier molecular flexibility index (Phi) is 4.39. The van der Waals surface area contributed by atoms with Crippen LogP contribution in [0.2, 0.25) is 0 Å². The average molecular weight is 252 g/mol. The van der Waals surface area contributed by atoms with E-state index in [1.54, 1.807) is 17.3 Å². The quantitative estimate of drug-likeness (QED) is 0.817. The van der Waals surface area contributed by atoms with E-state index in [4.69, 9.17) is 5.11 Å². The summed E-state index contributed by atoms with van der Waals surface area (Å²) in [5.74, 6) is 0.545. The monoisotopic (exact) mass is 252 g/mol. The van der Waals surface area contributed by atoms with E-state index in [2.05, 4.69) is 4.98 Å². The van der Waals surface area contributed by atoms with Crippen LogP contribution in [-0.2, 0) is 4.79 Å². The molecule has 5 heteroatoms. The van der Waals surface area contributed by atoms with Gasteiger partial charge in [-0.2, -0.15) is 0 Å². The lowest BCUT2D eigenvalue weighted by atomic mass is 10.2. The molecule has 0 aliphatic carbocycles. The summed E-state index contributed by atoms with van der Waals surface area (Å²) in [5, 5.41) is 9.16. The van der Waals surface area contributed by atoms with Crippen molar-refractivity contribution in [2.75, 3.05) is 18.9 Å². The molecule has 92 valence electrons. The molecule has 0 unspecified atom stereocenters. The first kappa shape index (κ1) is 12.4. The van der Waals surface area contributed by atoms with E-state index >= 15 is 0 Å². The zero-order valence-corrected chi connectivity index (χ0v) is 10.4. The van der Waals surface area contributed by atoms with Gasteiger partial charge in [0.05, 0.1) is 18.4 Å². The van der Waals surface area contributed by atoms with Gasteiger partial charge in [-0.1, -0.05) is 0 Å². The minimum Gasteiger partial charge on any atom is -0.394 e. The summed E-state index contributed by atoms with van der Waals surface area (Å²) in [7, 11) is 0. The molecule has 1 amide bonds. The van der Waals surface area contributed by atoms with Crippen molar-refractivity contribution in [3.63, 3.8) is 0 Å². The minimum atomic E-state index is 0.0283. The van der Waals surface area contributed by atoms with Gasteiger partial charge in [0.15, 0.2) is 0 Å². The van der Waals surface area contributed by atoms with Crippen LogP contribution in [0.25, 0.3) is 0 Å². The largest absolute Gasteiger partial charge is 0.394 e. The van der Waals surface area contributed by atoms with Gasteiger partial charge in [-0.25, -0.2) is 0 Å². The number of carbonyl (C=O) groups excluding carboxylic acids is 1. The molecular weight excluding hydrogens is 236 g/mol. The summed E-state index contributed by atoms with van der Waals surface area (Å²) < 4.78 is 0. The highest BCUT2D eigenvalue weighted by Crippen LogP contribution is 2.21. The number of rotatable bonds is 4. The molecule has 1 fully saturated rings. The molecule has 1 atom stereocenters. The van der Waals surface area contributed by atoms with Crippen LogP contribution in [0.3, 0.4) is 0 Å². The van der Waals surface area contributed by atoms with Crippen LogP contribution in [-0.4, -0.2) is 45.8 Å². The molecule has 1 aromatic rings. The van der Waals surface area contributed by atoms with Crippen molar-refractivity contribution in [1.29, 1.82) is 0 Å². The van der Waals surface area contributed by atoms with Gasteiger partial charge in [0, 0.05) is 23.8 Å². The zero-order valence-electron chi connectivity index (χ0n) is 9.58. The van der Waals surface area contributed by atoms with Crippen molar-refractivity contribution >= 4 is 17.7 Å². The summed E-state index contributed by atoms with van der Waals surface area (Å²) in [6.45, 7) is 0.854. The number of hydrogen-bond acceptors (Lipinski definition) is 4. The Morgan fingerprint density at radius 2 is 2.29 bits per heavy atom. The highest BCUT2D eigenvalue weighted by atomic mass is 32.2. The van der Waals surface area contributed by atoms with Crippen molar-refractivity contribution in [3.8, 4) is 0 Å². The van der Waals surface area contributed by atoms with Crippen molar-refractivity contribution in [3.05, 3.63) is 24.5 Å². The number of pyridine rings is 1. The Morgan fingerprint density at radius 3 is 3.00 bits per heavy atom. The fourth-order valence-electron chi connectivity index (χ4n) is 2.02. The summed E-state index contributed by atoms with van der Waals surface area (Å²) in [6.07, 6.45) is 5.36. The highest BCUT2D eigenvalue weighted by molar-refractivity contribution is 8.00. The van der Waals surface area contributed by atoms with Crippen LogP contribution < -0.4 is 0 Å². The van der Waals surface area contributed by atoms with Gasteiger partial charge >= 0.3 is 0 Å². The van der Waals surface area contributed by atoms with E-state index in [-0.39, 0.29) is 18.6 Å². The predicted molar refractivity (Wildman–Crippen MR) is 66.8 cm³/mol. The molecule has 1 aromatic heterocycles. The standard InChI is InChI=1S/C12H16N2O2S/c15-8-10-2-1-7-14(10)12(16)9-17-11-3-5-13-6-4-11/h3-6,10,15H,1-2,7-9H2/t10-/m1/s1. The van der Waals surface area contributed by atoms with Crippen LogP contribution >= 0.6 is 11.8 Å². The SMILES string of the molecule is O=C(CSc1ccncc1)N1CCC[C@@H]1CO. The lowest BCUT2D eigenvalue weighted by Crippen LogP contribution is -2.38. The molecular formula is C12H16N2O2S. The number of likely N-dealkylation sites (tertiary alicyclic amines) is 1. The van der Waals surface area contributed by atoms with Gasteiger partial charge in [-0.05, 0) is 25.0 Å². The number of aliphatic hydroxyl groups is 1. The zero-order chi connectivity index (χ0) is 12.1. The summed E-state index contributed by atoms with van der Waals surface area (Å²) >= 11 is 1.52. The summed E-state index contributed by atoms with van der Waals surface area (Å²) in [6, 6.07) is 3.82. The normalized spacial score (nSPS) is 19.6. The lowest BCUT2D eigenvalue weighted by Gasteiger charge is -2.22. The maximum Gasteiger partial charge on any atom is 0.233 e. The molecule has 1 aliphatic heterocycles. The van der Waals surface area contributed by atoms with E-state index in [1.165, 1.54) is 11.8 Å². The van der Waals surface area contributed by atoms with Gasteiger partial charge in [0.25, 0.3) is 0 Å². The fraction of sp³-hybridized carbons (Fsp3) is 0.500. The molecule has 17 heavy (non-hydrogen) atoms. The van der Waals surface area contributed by atoms with Crippen LogP contribution in [0.4, 0.5) is 0 Å². The van der Waals surface area contributed by atoms with Crippen LogP contribution in [0, 0.1) is 0 Å². The number of carbonyl (C=O) groups is 1. The third-order valence-electron chi connectivity index (χ3n) is 2.92. The number of amides is 1. The molecule has 0 bridgehead atoms. The molecule has 2 heterocycles. The molecule has 4 nitrogen and oxygen atoms in total. The first-order valence-electron chi connectivity index (χ1n) is 5.74. The van der Waals surface area contributed by atoms with Crippen LogP contribution in [0.5, 0.6) is 0 Å². The smallest absolute Gasteiger partial charge is 0.233 e. The molecule has 1 saturated heterocycles. The predicted octanol–water partition coefficient (Wildman–Crippen LogP) is 1.16. The molecule has 0 radical (unpaired) electrons.